The van der Waals surface area contributed by atoms with E-state index in [2.05, 4.69) is 0 Å². The first-order valence-electron chi connectivity index (χ1n) is 8.24. The quantitative estimate of drug-likeness (QED) is 0.839. The van der Waals surface area contributed by atoms with Crippen molar-refractivity contribution in [2.75, 3.05) is 13.7 Å². The van der Waals surface area contributed by atoms with Crippen molar-refractivity contribution in [3.8, 4) is 5.75 Å². The summed E-state index contributed by atoms with van der Waals surface area (Å²) in [6.45, 7) is 4.20. The van der Waals surface area contributed by atoms with Crippen molar-refractivity contribution in [3.05, 3.63) is 29.3 Å². The number of carbonyl (C=O) groups is 2. The number of esters is 1. The van der Waals surface area contributed by atoms with Gasteiger partial charge in [-0.2, -0.15) is 0 Å². The van der Waals surface area contributed by atoms with Crippen molar-refractivity contribution in [2.24, 2.45) is 0 Å². The van der Waals surface area contributed by atoms with Gasteiger partial charge in [0.05, 0.1) is 18.7 Å². The van der Waals surface area contributed by atoms with Crippen molar-refractivity contribution in [3.63, 3.8) is 0 Å². The second kappa shape index (κ2) is 6.09. The Morgan fingerprint density at radius 1 is 1.38 bits per heavy atom. The third kappa shape index (κ3) is 2.75. The molecule has 0 radical (unpaired) electrons. The van der Waals surface area contributed by atoms with Crippen LogP contribution in [-0.2, 0) is 9.53 Å². The van der Waals surface area contributed by atoms with E-state index in [9.17, 15) is 14.7 Å². The Labute approximate surface area is 141 Å². The third-order valence-corrected chi connectivity index (χ3v) is 4.83. The van der Waals surface area contributed by atoms with Crippen molar-refractivity contribution in [1.29, 1.82) is 0 Å². The molecule has 2 heterocycles. The molecule has 1 fully saturated rings. The van der Waals surface area contributed by atoms with Crippen LogP contribution in [0.15, 0.2) is 18.2 Å². The first-order chi connectivity index (χ1) is 11.3. The summed E-state index contributed by atoms with van der Waals surface area (Å²) in [5.74, 6) is 0.152. The predicted molar refractivity (Wildman–Crippen MR) is 86.8 cm³/mol. The highest BCUT2D eigenvalue weighted by atomic mass is 16.5. The monoisotopic (exact) mass is 333 g/mol. The minimum Gasteiger partial charge on any atom is -0.485 e. The molecule has 1 saturated heterocycles. The summed E-state index contributed by atoms with van der Waals surface area (Å²) in [5.41, 5.74) is 0.198. The normalized spacial score (nSPS) is 25.7. The molecule has 3 rings (SSSR count). The number of nitrogens with zero attached hydrogens (tertiary/aromatic N) is 1. The molecule has 1 aromatic rings. The highest BCUT2D eigenvalue weighted by molar-refractivity contribution is 5.90. The Kier molecular flexibility index (Phi) is 4.25. The molecule has 2 aliphatic heterocycles. The number of carbonyl (C=O) groups excluding carboxylic acids is 2. The van der Waals surface area contributed by atoms with E-state index >= 15 is 0 Å². The zero-order chi connectivity index (χ0) is 17.5. The molecule has 0 bridgehead atoms. The number of methoxy groups -OCH3 is 1. The van der Waals surface area contributed by atoms with Crippen LogP contribution in [0, 0.1) is 0 Å². The lowest BCUT2D eigenvalue weighted by Crippen LogP contribution is -2.55. The van der Waals surface area contributed by atoms with Gasteiger partial charge in [-0.25, -0.2) is 4.79 Å². The molecule has 0 saturated carbocycles. The Morgan fingerprint density at radius 3 is 2.79 bits per heavy atom. The van der Waals surface area contributed by atoms with Gasteiger partial charge in [-0.15, -0.1) is 0 Å². The van der Waals surface area contributed by atoms with E-state index in [1.165, 1.54) is 7.11 Å². The molecule has 0 aromatic heterocycles. The van der Waals surface area contributed by atoms with Gasteiger partial charge in [-0.05, 0) is 44.9 Å². The van der Waals surface area contributed by atoms with Crippen LogP contribution >= 0.6 is 0 Å². The van der Waals surface area contributed by atoms with Crippen LogP contribution in [0.4, 0.5) is 0 Å². The van der Waals surface area contributed by atoms with E-state index in [1.807, 2.05) is 0 Å². The summed E-state index contributed by atoms with van der Waals surface area (Å²) in [4.78, 5) is 26.0. The Bertz CT molecular complexity index is 669. The van der Waals surface area contributed by atoms with Crippen molar-refractivity contribution in [2.45, 2.75) is 50.9 Å². The minimum atomic E-state index is -0.889. The molecule has 1 aromatic carbocycles. The van der Waals surface area contributed by atoms with Crippen LogP contribution in [0.1, 0.15) is 55.1 Å². The molecule has 2 aliphatic rings. The number of likely N-dealkylation sites (tertiary alicyclic amines) is 1. The number of amides is 1. The average molecular weight is 333 g/mol. The fraction of sp³-hybridized carbons (Fsp3) is 0.556. The first-order valence-corrected chi connectivity index (χ1v) is 8.24. The van der Waals surface area contributed by atoms with Crippen LogP contribution in [0.2, 0.25) is 0 Å². The molecule has 24 heavy (non-hydrogen) atoms. The number of benzene rings is 1. The van der Waals surface area contributed by atoms with Crippen LogP contribution in [0.5, 0.6) is 5.75 Å². The molecule has 2 atom stereocenters. The number of aliphatic hydroxyl groups excluding tert-OH is 1. The lowest BCUT2D eigenvalue weighted by atomic mass is 9.84. The number of piperidine rings is 1. The summed E-state index contributed by atoms with van der Waals surface area (Å²) >= 11 is 0. The van der Waals surface area contributed by atoms with E-state index in [0.29, 0.717) is 29.8 Å². The summed E-state index contributed by atoms with van der Waals surface area (Å²) < 4.78 is 10.7. The molecule has 1 amide bonds. The van der Waals surface area contributed by atoms with Gasteiger partial charge in [-0.3, -0.25) is 4.79 Å². The van der Waals surface area contributed by atoms with Crippen LogP contribution in [0.25, 0.3) is 0 Å². The van der Waals surface area contributed by atoms with Crippen LogP contribution in [0.3, 0.4) is 0 Å². The fourth-order valence-electron chi connectivity index (χ4n) is 3.47. The second-order valence-corrected chi connectivity index (χ2v) is 6.88. The van der Waals surface area contributed by atoms with Gasteiger partial charge in [0.2, 0.25) is 5.91 Å². The molecule has 130 valence electrons. The summed E-state index contributed by atoms with van der Waals surface area (Å²) in [7, 11) is 1.32. The van der Waals surface area contributed by atoms with E-state index in [1.54, 1.807) is 36.9 Å². The Balaban J connectivity index is 2.09. The van der Waals surface area contributed by atoms with Gasteiger partial charge >= 0.3 is 5.97 Å². The maximum absolute atomic E-state index is 12.4. The van der Waals surface area contributed by atoms with E-state index in [-0.39, 0.29) is 5.91 Å². The smallest absolute Gasteiger partial charge is 0.337 e. The molecule has 1 N–H and O–H groups in total. The molecular weight excluding hydrogens is 310 g/mol. The average Bonchev–Trinajstić information content (AvgIpc) is 2.56. The molecule has 0 spiro atoms. The van der Waals surface area contributed by atoms with Crippen molar-refractivity contribution < 1.29 is 24.2 Å². The van der Waals surface area contributed by atoms with Gasteiger partial charge in [0.1, 0.15) is 17.5 Å². The molecule has 0 aliphatic carbocycles. The molecule has 6 nitrogen and oxygen atoms in total. The standard InChI is InChI=1S/C18H23NO5/c1-18(2)16(21)15(19-9-5-4-6-14(19)20)12-10-11(17(22)23-3)7-8-13(12)24-18/h7-8,10,15-16,21H,4-6,9H2,1-3H3/t15?,16-/m0/s1. The second-order valence-electron chi connectivity index (χ2n) is 6.88. The first kappa shape index (κ1) is 16.8. The molecule has 6 heteroatoms. The van der Waals surface area contributed by atoms with Gasteiger partial charge in [0.25, 0.3) is 0 Å². The summed E-state index contributed by atoms with van der Waals surface area (Å²) in [5, 5.41) is 10.9. The van der Waals surface area contributed by atoms with Gasteiger partial charge < -0.3 is 19.5 Å². The molecule has 1 unspecified atom stereocenters. The number of hydrogen-bond donors (Lipinski definition) is 1. The summed E-state index contributed by atoms with van der Waals surface area (Å²) in [6.07, 6.45) is 1.37. The third-order valence-electron chi connectivity index (χ3n) is 4.83. The topological polar surface area (TPSA) is 76.1 Å². The minimum absolute atomic E-state index is 0.0254. The van der Waals surface area contributed by atoms with E-state index < -0.39 is 23.7 Å². The van der Waals surface area contributed by atoms with Gasteiger partial charge in [0, 0.05) is 18.5 Å². The van der Waals surface area contributed by atoms with Gasteiger partial charge in [0.15, 0.2) is 0 Å². The van der Waals surface area contributed by atoms with Crippen molar-refractivity contribution >= 4 is 11.9 Å². The van der Waals surface area contributed by atoms with Crippen molar-refractivity contribution in [1.82, 2.24) is 4.90 Å². The fourth-order valence-corrected chi connectivity index (χ4v) is 3.47. The highest BCUT2D eigenvalue weighted by Crippen LogP contribution is 2.44. The highest BCUT2D eigenvalue weighted by Gasteiger charge is 2.47. The van der Waals surface area contributed by atoms with Gasteiger partial charge in [-0.1, -0.05) is 0 Å². The Hall–Kier alpha value is -2.08. The predicted octanol–water partition coefficient (Wildman–Crippen LogP) is 2.06. The zero-order valence-electron chi connectivity index (χ0n) is 14.2. The maximum atomic E-state index is 12.4. The molecular formula is C18H23NO5. The van der Waals surface area contributed by atoms with E-state index in [4.69, 9.17) is 9.47 Å². The number of hydrogen-bond acceptors (Lipinski definition) is 5. The number of rotatable bonds is 2. The number of fused-ring (bicyclic) bond motifs is 1. The Morgan fingerprint density at radius 2 is 2.12 bits per heavy atom. The van der Waals surface area contributed by atoms with Crippen LogP contribution < -0.4 is 4.74 Å². The maximum Gasteiger partial charge on any atom is 0.337 e. The lowest BCUT2D eigenvalue weighted by molar-refractivity contribution is -0.147. The number of aliphatic hydroxyl groups is 1. The summed E-state index contributed by atoms with van der Waals surface area (Å²) in [6, 6.07) is 4.47. The number of ether oxygens (including phenoxy) is 2. The van der Waals surface area contributed by atoms with E-state index in [0.717, 1.165) is 12.8 Å². The zero-order valence-corrected chi connectivity index (χ0v) is 14.2. The largest absolute Gasteiger partial charge is 0.485 e. The lowest BCUT2D eigenvalue weighted by Gasteiger charge is -2.47. The van der Waals surface area contributed by atoms with Crippen LogP contribution in [-0.4, -0.2) is 47.2 Å². The SMILES string of the molecule is COC(=O)c1ccc2c(c1)C(N1CCCCC1=O)[C@H](O)C(C)(C)O2.